The second kappa shape index (κ2) is 38.6. The molecule has 0 unspecified atom stereocenters. The van der Waals surface area contributed by atoms with Crippen molar-refractivity contribution >= 4 is 191 Å². The van der Waals surface area contributed by atoms with Gasteiger partial charge in [-0.15, -0.1) is 0 Å². The lowest BCUT2D eigenvalue weighted by Gasteiger charge is -2.18. The zero-order valence-corrected chi connectivity index (χ0v) is 85.9. The van der Waals surface area contributed by atoms with Crippen molar-refractivity contribution < 1.29 is 71.5 Å². The summed E-state index contributed by atoms with van der Waals surface area (Å²) >= 11 is 43.5. The molecule has 0 spiro atoms. The van der Waals surface area contributed by atoms with Crippen LogP contribution in [0.4, 0.5) is 0 Å². The number of hydrogen-bond donors (Lipinski definition) is 14. The van der Waals surface area contributed by atoms with Crippen molar-refractivity contribution in [1.82, 2.24) is 0 Å². The predicted molar refractivity (Wildman–Crippen MR) is 535 cm³/mol. The van der Waals surface area contributed by atoms with Crippen molar-refractivity contribution in [3.63, 3.8) is 0 Å². The van der Waals surface area contributed by atoms with Gasteiger partial charge in [-0.05, 0) is 315 Å². The highest BCUT2D eigenvalue weighted by Crippen LogP contribution is 2.48. The van der Waals surface area contributed by atoms with E-state index in [-0.39, 0.29) is 170 Å². The van der Waals surface area contributed by atoms with E-state index in [9.17, 15) is 71.5 Å². The molecule has 644 valence electrons. The Hall–Kier alpha value is -7.96. The largest absolute Gasteiger partial charge is 0.507 e. The van der Waals surface area contributed by atoms with Gasteiger partial charge in [0.15, 0.2) is 0 Å². The molecule has 0 saturated heterocycles. The molecule has 0 aromatic heterocycles. The molecule has 0 saturated carbocycles. The summed E-state index contributed by atoms with van der Waals surface area (Å²) < 4.78 is 8.42. The summed E-state index contributed by atoms with van der Waals surface area (Å²) in [7, 11) is 0. The topological polar surface area (TPSA) is 283 Å². The fourth-order valence-electron chi connectivity index (χ4n) is 17.1. The average molecular weight is 2460 g/mol. The Kier molecular flexibility index (Phi) is 28.4. The van der Waals surface area contributed by atoms with E-state index in [1.54, 1.807) is 97.1 Å². The van der Waals surface area contributed by atoms with Gasteiger partial charge < -0.3 is 71.5 Å². The van der Waals surface area contributed by atoms with E-state index in [0.29, 0.717) is 187 Å². The number of rotatable bonds is 0. The molecule has 26 heteroatoms. The van der Waals surface area contributed by atoms with Gasteiger partial charge in [-0.1, -0.05) is 227 Å². The molecule has 28 bridgehead atoms. The van der Waals surface area contributed by atoms with Crippen LogP contribution in [0.15, 0.2) is 224 Å². The molecular weight excluding hydrogens is 2380 g/mol. The first kappa shape index (κ1) is 92.7. The van der Waals surface area contributed by atoms with Gasteiger partial charge in [-0.3, -0.25) is 0 Å². The van der Waals surface area contributed by atoms with Crippen LogP contribution in [0.1, 0.15) is 167 Å². The molecule has 14 aromatic carbocycles. The van der Waals surface area contributed by atoms with E-state index < -0.39 is 0 Å². The lowest BCUT2D eigenvalue weighted by Crippen LogP contribution is -2.02. The number of hydrogen-bond acceptors (Lipinski definition) is 14. The maximum Gasteiger partial charge on any atom is 0.122 e. The van der Waals surface area contributed by atoms with E-state index in [1.807, 2.05) is 86.6 Å². The normalized spacial score (nSPS) is 13.0. The molecule has 0 radical (unpaired) electrons. The molecule has 16 rings (SSSR count). The van der Waals surface area contributed by atoms with Gasteiger partial charge in [-0.25, -0.2) is 0 Å². The molecule has 126 heavy (non-hydrogen) atoms. The minimum Gasteiger partial charge on any atom is -0.507 e. The second-order valence-corrected chi connectivity index (χ2v) is 43.2. The van der Waals surface area contributed by atoms with Crippen LogP contribution in [-0.4, -0.2) is 71.5 Å². The third kappa shape index (κ3) is 20.8. The summed E-state index contributed by atoms with van der Waals surface area (Å²) in [4.78, 5) is 0. The summed E-state index contributed by atoms with van der Waals surface area (Å²) in [6.45, 7) is 3.86. The van der Waals surface area contributed by atoms with Gasteiger partial charge in [0.2, 0.25) is 0 Å². The molecule has 2 aliphatic rings. The molecule has 14 N–H and O–H groups in total. The van der Waals surface area contributed by atoms with E-state index in [4.69, 9.17) is 0 Å². The van der Waals surface area contributed by atoms with Crippen LogP contribution in [0.25, 0.3) is 0 Å². The highest BCUT2D eigenvalue weighted by Gasteiger charge is 2.28. The van der Waals surface area contributed by atoms with E-state index in [0.717, 1.165) is 33.5 Å². The number of aromatic hydroxyl groups is 14. The zero-order valence-electron chi connectivity index (χ0n) is 66.9. The standard InChI is InChI=1S/C57H43Br7O8.C43H33Br5O6/c1-26-2-27-4-29-12-43(58)14-31(51(29)66)6-33-16-45(60)18-35(53(33)68)8-37-20-47(62)22-39(55(37)70)10-41-24-49(64)25-42(57(41)72)11-40-23-48(63)21-38(56(40)71)9-36-19-46(61)17-34(54(36)69)7-32-15-44(59)13-30(52(32)67)5-28(3-26)50(27)65;1-20-2-21-4-23-10-33(44)12-25(39(23)50)6-27-14-35(46)16-29(41(27)52)8-31-18-37(48)19-32(43(31)54)9-30-17-36(47)15-28(42(30)53)7-26-13-34(45)11-24(40(26)51)5-22(3-20)38(21)49/h2-3,12-25,65-72H,4-11H2,1H3;2-3,10-19,49-54H,4-9H2,1H3. The van der Waals surface area contributed by atoms with Gasteiger partial charge in [0.05, 0.1) is 0 Å². The highest BCUT2D eigenvalue weighted by atomic mass is 79.9. The SMILES string of the molecule is Cc1cc2c(O)c(c1)Cc1cc(Br)cc(c1O)Cc1cc(Br)cc(c1O)Cc1cc(Br)cc(c1O)Cc1cc(Br)cc(c1O)Cc1cc(Br)cc(c1O)C2.Cc1cc2c(O)c(c1)Cc1cc(Br)cc(c1O)Cc1cc(Br)cc(c1O)Cc1cc(Br)cc(c1O)Cc1cc(Br)cc(c1O)Cc1cc(Br)cc(c1O)Cc1cc(Br)cc(c1O)Cc1cc(Br)cc(c1O)C2. The number of fused-ring (bicyclic) bond motifs is 28. The van der Waals surface area contributed by atoms with Crippen molar-refractivity contribution in [1.29, 1.82) is 0 Å². The molecular formula is C100H76Br12O14. The van der Waals surface area contributed by atoms with Crippen LogP contribution >= 0.6 is 191 Å². The van der Waals surface area contributed by atoms with E-state index >= 15 is 0 Å². The predicted octanol–water partition coefficient (Wildman–Crippen LogP) is 27.9. The first-order chi connectivity index (χ1) is 59.8. The number of phenols is 14. The zero-order chi connectivity index (χ0) is 90.0. The van der Waals surface area contributed by atoms with Gasteiger partial charge >= 0.3 is 0 Å². The first-order valence-corrected chi connectivity index (χ1v) is 49.0. The van der Waals surface area contributed by atoms with Crippen LogP contribution in [0, 0.1) is 13.8 Å². The maximum atomic E-state index is 11.9. The minimum atomic E-state index is -0.00690. The minimum absolute atomic E-state index is 0.00278. The average Bonchev–Trinajstić information content (AvgIpc) is 0.778. The Morgan fingerprint density at radius 1 is 0.119 bits per heavy atom. The van der Waals surface area contributed by atoms with E-state index in [1.165, 1.54) is 0 Å². The molecule has 14 aromatic rings. The molecule has 0 aliphatic heterocycles. The van der Waals surface area contributed by atoms with Crippen LogP contribution in [0.3, 0.4) is 0 Å². The van der Waals surface area contributed by atoms with Gasteiger partial charge in [0.1, 0.15) is 80.5 Å². The molecule has 0 fully saturated rings. The first-order valence-electron chi connectivity index (χ1n) is 39.5. The highest BCUT2D eigenvalue weighted by molar-refractivity contribution is 9.12. The number of aryl methyl sites for hydroxylation is 2. The number of halogens is 12. The third-order valence-electron chi connectivity index (χ3n) is 22.9. The summed E-state index contributed by atoms with van der Waals surface area (Å²) in [5.41, 5.74) is 17.3. The third-order valence-corrected chi connectivity index (χ3v) is 28.4. The van der Waals surface area contributed by atoms with Crippen LogP contribution < -0.4 is 0 Å². The molecule has 0 atom stereocenters. The number of benzene rings is 14. The smallest absolute Gasteiger partial charge is 0.122 e. The summed E-state index contributed by atoms with van der Waals surface area (Å²) in [6, 6.07) is 50.7. The lowest BCUT2D eigenvalue weighted by atomic mass is 9.91. The van der Waals surface area contributed by atoms with Gasteiger partial charge in [-0.2, -0.15) is 0 Å². The maximum absolute atomic E-state index is 11.9. The molecule has 0 amide bonds. The Morgan fingerprint density at radius 3 is 0.238 bits per heavy atom. The summed E-state index contributed by atoms with van der Waals surface area (Å²) in [5, 5.41) is 165. The van der Waals surface area contributed by atoms with Crippen molar-refractivity contribution in [2.45, 2.75) is 104 Å². The Bertz CT molecular complexity index is 5350. The quantitative estimate of drug-likeness (QED) is 0.0672. The fourth-order valence-corrected chi connectivity index (χ4v) is 23.8. The fraction of sp³-hybridized carbons (Fsp3) is 0.160. The van der Waals surface area contributed by atoms with Crippen LogP contribution in [0.5, 0.6) is 80.5 Å². The van der Waals surface area contributed by atoms with Crippen molar-refractivity contribution in [3.8, 4) is 80.5 Å². The van der Waals surface area contributed by atoms with Crippen LogP contribution in [0.2, 0.25) is 0 Å². The lowest BCUT2D eigenvalue weighted by molar-refractivity contribution is 0.448. The number of phenolic OH excluding ortho intramolecular Hbond substituents is 14. The second-order valence-electron chi connectivity index (χ2n) is 32.2. The summed E-state index contributed by atoms with van der Waals surface area (Å²) in [6.07, 6.45) is 2.40. The van der Waals surface area contributed by atoms with Crippen LogP contribution in [-0.2, 0) is 89.9 Å². The van der Waals surface area contributed by atoms with Gasteiger partial charge in [0.25, 0.3) is 0 Å². The van der Waals surface area contributed by atoms with Crippen molar-refractivity contribution in [2.24, 2.45) is 0 Å². The van der Waals surface area contributed by atoms with E-state index in [2.05, 4.69) is 191 Å². The molecule has 0 heterocycles. The Morgan fingerprint density at radius 2 is 0.175 bits per heavy atom. The van der Waals surface area contributed by atoms with Crippen molar-refractivity contribution in [2.75, 3.05) is 0 Å². The van der Waals surface area contributed by atoms with Gasteiger partial charge in [0, 0.05) is 144 Å². The monoisotopic (exact) mass is 2450 g/mol. The van der Waals surface area contributed by atoms with Crippen molar-refractivity contribution in [3.05, 3.63) is 390 Å². The summed E-state index contributed by atoms with van der Waals surface area (Å²) in [5.74, 6) is 0.315. The molecule has 14 nitrogen and oxygen atoms in total. The Labute approximate surface area is 828 Å². The Balaban J connectivity index is 0.000000203. The molecule has 2 aliphatic carbocycles.